The van der Waals surface area contributed by atoms with Crippen molar-refractivity contribution in [1.29, 1.82) is 0 Å². The summed E-state index contributed by atoms with van der Waals surface area (Å²) in [4.78, 5) is 8.18. The first kappa shape index (κ1) is 14.2. The number of nitrogens with two attached hydrogens (primary N) is 1. The number of nitrogens with zero attached hydrogens (tertiary/aromatic N) is 2. The lowest BCUT2D eigenvalue weighted by Gasteiger charge is -2.12. The first-order valence-corrected chi connectivity index (χ1v) is 6.13. The monoisotopic (exact) mass is 291 g/mol. The Morgan fingerprint density at radius 1 is 1.30 bits per heavy atom. The Kier molecular flexibility index (Phi) is 4.44. The predicted molar refractivity (Wildman–Crippen MR) is 76.9 cm³/mol. The molecule has 0 unspecified atom stereocenters. The molecule has 1 aromatic carbocycles. The number of ether oxygens (including phenoxy) is 2. The van der Waals surface area contributed by atoms with Gasteiger partial charge in [0.2, 0.25) is 5.88 Å². The third kappa shape index (κ3) is 3.01. The Morgan fingerprint density at radius 2 is 2.05 bits per heavy atom. The summed E-state index contributed by atoms with van der Waals surface area (Å²) in [6.07, 6.45) is 2.96. The van der Waals surface area contributed by atoms with Crippen LogP contribution in [0.1, 0.15) is 11.3 Å². The zero-order chi connectivity index (χ0) is 14.5. The third-order valence-electron chi connectivity index (χ3n) is 2.52. The molecule has 7 heteroatoms. The summed E-state index contributed by atoms with van der Waals surface area (Å²) in [7, 11) is 1.51. The molecule has 0 fully saturated rings. The van der Waals surface area contributed by atoms with Crippen molar-refractivity contribution in [2.75, 3.05) is 7.11 Å². The molecule has 3 N–H and O–H groups in total. The number of hydrogen-bond acceptors (Lipinski definition) is 6. The molecule has 0 bridgehead atoms. The zero-order valence-electron chi connectivity index (χ0n) is 10.7. The Labute approximate surface area is 121 Å². The van der Waals surface area contributed by atoms with E-state index >= 15 is 0 Å². The van der Waals surface area contributed by atoms with Crippen molar-refractivity contribution in [3.8, 4) is 17.4 Å². The van der Waals surface area contributed by atoms with Gasteiger partial charge in [0, 0.05) is 12.4 Å². The molecule has 104 valence electrons. The van der Waals surface area contributed by atoms with E-state index in [0.717, 1.165) is 0 Å². The molecular formula is C13H13N3O3S. The lowest BCUT2D eigenvalue weighted by molar-refractivity contribution is 0.280. The predicted octanol–water partition coefficient (Wildman–Crippen LogP) is 1.40. The third-order valence-corrected chi connectivity index (χ3v) is 2.71. The number of rotatable bonds is 5. The summed E-state index contributed by atoms with van der Waals surface area (Å²) in [6.45, 7) is -0.0834. The van der Waals surface area contributed by atoms with Crippen LogP contribution in [0.2, 0.25) is 0 Å². The summed E-state index contributed by atoms with van der Waals surface area (Å²) in [5, 5.41) is 9.10. The number of aromatic nitrogens is 2. The molecule has 0 saturated carbocycles. The highest BCUT2D eigenvalue weighted by atomic mass is 32.1. The second-order valence-corrected chi connectivity index (χ2v) is 4.26. The lowest BCUT2D eigenvalue weighted by Crippen LogP contribution is -2.13. The van der Waals surface area contributed by atoms with Gasteiger partial charge in [-0.3, -0.25) is 0 Å². The fraction of sp³-hybridized carbons (Fsp3) is 0.154. The van der Waals surface area contributed by atoms with Crippen molar-refractivity contribution in [1.82, 2.24) is 9.97 Å². The average Bonchev–Trinajstić information content (AvgIpc) is 2.48. The van der Waals surface area contributed by atoms with Crippen LogP contribution in [0.5, 0.6) is 17.4 Å². The largest absolute Gasteiger partial charge is 0.493 e. The van der Waals surface area contributed by atoms with Crippen LogP contribution in [0.4, 0.5) is 0 Å². The molecule has 0 atom stereocenters. The number of aliphatic hydroxyl groups excluding tert-OH is 1. The van der Waals surface area contributed by atoms with Crippen LogP contribution in [0, 0.1) is 0 Å². The van der Waals surface area contributed by atoms with E-state index in [1.807, 2.05) is 0 Å². The molecule has 0 amide bonds. The zero-order valence-corrected chi connectivity index (χ0v) is 11.6. The maximum atomic E-state index is 9.10. The molecule has 20 heavy (non-hydrogen) atoms. The van der Waals surface area contributed by atoms with E-state index in [1.54, 1.807) is 18.2 Å². The summed E-state index contributed by atoms with van der Waals surface area (Å²) < 4.78 is 10.9. The lowest BCUT2D eigenvalue weighted by atomic mass is 10.2. The minimum absolute atomic E-state index is 0.0834. The minimum Gasteiger partial charge on any atom is -0.493 e. The van der Waals surface area contributed by atoms with Crippen LogP contribution >= 0.6 is 12.2 Å². The second kappa shape index (κ2) is 6.27. The first-order valence-electron chi connectivity index (χ1n) is 5.72. The highest BCUT2D eigenvalue weighted by molar-refractivity contribution is 7.80. The molecule has 0 aliphatic carbocycles. The van der Waals surface area contributed by atoms with Crippen LogP contribution in [0.15, 0.2) is 30.6 Å². The van der Waals surface area contributed by atoms with E-state index in [9.17, 15) is 0 Å². The molecule has 1 heterocycles. The molecule has 2 rings (SSSR count). The van der Waals surface area contributed by atoms with Gasteiger partial charge in [-0.25, -0.2) is 9.97 Å². The van der Waals surface area contributed by atoms with Gasteiger partial charge in [0.15, 0.2) is 17.2 Å². The van der Waals surface area contributed by atoms with E-state index in [2.05, 4.69) is 9.97 Å². The normalized spacial score (nSPS) is 10.1. The maximum absolute atomic E-state index is 9.10. The van der Waals surface area contributed by atoms with Gasteiger partial charge in [0.05, 0.1) is 13.7 Å². The molecule has 0 aliphatic heterocycles. The van der Waals surface area contributed by atoms with Gasteiger partial charge >= 0.3 is 0 Å². The quantitative estimate of drug-likeness (QED) is 0.805. The van der Waals surface area contributed by atoms with E-state index in [1.165, 1.54) is 19.5 Å². The minimum atomic E-state index is -0.0834. The van der Waals surface area contributed by atoms with Gasteiger partial charge in [0.1, 0.15) is 4.99 Å². The molecule has 0 saturated heterocycles. The van der Waals surface area contributed by atoms with Gasteiger partial charge in [-0.05, 0) is 17.7 Å². The van der Waals surface area contributed by atoms with Crippen molar-refractivity contribution in [2.45, 2.75) is 6.61 Å². The summed E-state index contributed by atoms with van der Waals surface area (Å²) in [5.41, 5.74) is 6.58. The van der Waals surface area contributed by atoms with Crippen molar-refractivity contribution in [2.24, 2.45) is 5.73 Å². The molecule has 1 aromatic heterocycles. The fourth-order valence-corrected chi connectivity index (χ4v) is 1.71. The molecule has 6 nitrogen and oxygen atoms in total. The molecule has 0 aliphatic rings. The molecule has 0 spiro atoms. The Balaban J connectivity index is 2.37. The van der Waals surface area contributed by atoms with Crippen LogP contribution < -0.4 is 15.2 Å². The topological polar surface area (TPSA) is 90.5 Å². The van der Waals surface area contributed by atoms with Crippen LogP contribution in [0.3, 0.4) is 0 Å². The first-order chi connectivity index (χ1) is 9.65. The van der Waals surface area contributed by atoms with Crippen molar-refractivity contribution in [3.05, 3.63) is 41.9 Å². The van der Waals surface area contributed by atoms with Crippen molar-refractivity contribution >= 4 is 17.2 Å². The van der Waals surface area contributed by atoms with Crippen LogP contribution in [-0.4, -0.2) is 27.2 Å². The molecule has 0 radical (unpaired) electrons. The molecule has 2 aromatic rings. The van der Waals surface area contributed by atoms with Gasteiger partial charge in [-0.2, -0.15) is 0 Å². The van der Waals surface area contributed by atoms with E-state index in [-0.39, 0.29) is 17.5 Å². The number of methoxy groups -OCH3 is 1. The average molecular weight is 291 g/mol. The maximum Gasteiger partial charge on any atom is 0.248 e. The van der Waals surface area contributed by atoms with Gasteiger partial charge in [0.25, 0.3) is 0 Å². The highest BCUT2D eigenvalue weighted by Gasteiger charge is 2.13. The highest BCUT2D eigenvalue weighted by Crippen LogP contribution is 2.32. The standard InChI is InChI=1S/C13H13N3O3S/c1-18-10-6-8(7-17)2-3-9(10)19-13-11(12(14)20)15-4-5-16-13/h2-6,17H,7H2,1H3,(H2,14,20). The van der Waals surface area contributed by atoms with Gasteiger partial charge in [-0.1, -0.05) is 18.3 Å². The van der Waals surface area contributed by atoms with Crippen LogP contribution in [0.25, 0.3) is 0 Å². The second-order valence-electron chi connectivity index (χ2n) is 3.82. The van der Waals surface area contributed by atoms with Crippen molar-refractivity contribution in [3.63, 3.8) is 0 Å². The summed E-state index contributed by atoms with van der Waals surface area (Å²) in [5.74, 6) is 1.11. The van der Waals surface area contributed by atoms with E-state index < -0.39 is 0 Å². The smallest absolute Gasteiger partial charge is 0.248 e. The summed E-state index contributed by atoms with van der Waals surface area (Å²) in [6, 6.07) is 5.06. The van der Waals surface area contributed by atoms with Gasteiger partial charge < -0.3 is 20.3 Å². The Hall–Kier alpha value is -2.25. The number of benzene rings is 1. The number of thiocarbonyl (C=S) groups is 1. The van der Waals surface area contributed by atoms with Crippen molar-refractivity contribution < 1.29 is 14.6 Å². The number of hydrogen-bond donors (Lipinski definition) is 2. The fourth-order valence-electron chi connectivity index (χ4n) is 1.57. The van der Waals surface area contributed by atoms with Gasteiger partial charge in [-0.15, -0.1) is 0 Å². The SMILES string of the molecule is COc1cc(CO)ccc1Oc1nccnc1C(N)=S. The van der Waals surface area contributed by atoms with E-state index in [4.69, 9.17) is 32.5 Å². The van der Waals surface area contributed by atoms with E-state index in [0.29, 0.717) is 22.8 Å². The number of aliphatic hydroxyl groups is 1. The Bertz CT molecular complexity index is 634. The Morgan fingerprint density at radius 3 is 2.70 bits per heavy atom. The summed E-state index contributed by atoms with van der Waals surface area (Å²) >= 11 is 4.90. The molecular weight excluding hydrogens is 278 g/mol. The van der Waals surface area contributed by atoms with Crippen LogP contribution in [-0.2, 0) is 6.61 Å².